The summed E-state index contributed by atoms with van der Waals surface area (Å²) in [5, 5.41) is 14.3. The summed E-state index contributed by atoms with van der Waals surface area (Å²) in [5.41, 5.74) is 0. The Hall–Kier alpha value is -2.00. The van der Waals surface area contributed by atoms with Crippen molar-refractivity contribution in [2.75, 3.05) is 0 Å². The number of hydrogen-bond donors (Lipinski definition) is 2. The molecular weight excluding hydrogens is 335 g/mol. The van der Waals surface area contributed by atoms with Gasteiger partial charge in [0, 0.05) is 0 Å². The highest BCUT2D eigenvalue weighted by atomic mass is 35.5. The van der Waals surface area contributed by atoms with Crippen molar-refractivity contribution < 1.29 is 43.7 Å². The van der Waals surface area contributed by atoms with Crippen molar-refractivity contribution in [1.29, 1.82) is 0 Å². The lowest BCUT2D eigenvalue weighted by Crippen LogP contribution is -2.23. The van der Waals surface area contributed by atoms with Gasteiger partial charge in [0.1, 0.15) is 11.8 Å². The topological polar surface area (TPSA) is 152 Å². The molecule has 0 amide bonds. The average Bonchev–Trinajstić information content (AvgIpc) is 2.65. The minimum absolute atomic E-state index is 0.221. The summed E-state index contributed by atoms with van der Waals surface area (Å²) in [6.07, 6.45) is -1.00. The van der Waals surface area contributed by atoms with Crippen LogP contribution in [0.4, 0.5) is 0 Å². The number of cyclic esters (lactones) is 2. The summed E-state index contributed by atoms with van der Waals surface area (Å²) in [6.45, 7) is 0. The summed E-state index contributed by atoms with van der Waals surface area (Å²) in [7, 11) is 0. The molecule has 2 atom stereocenters. The van der Waals surface area contributed by atoms with Gasteiger partial charge in [-0.2, -0.15) is 0 Å². The van der Waals surface area contributed by atoms with E-state index in [0.717, 1.165) is 0 Å². The summed E-state index contributed by atoms with van der Waals surface area (Å²) >= 11 is 9.75. The van der Waals surface area contributed by atoms with E-state index < -0.39 is 52.6 Å². The number of carboxylic acid groups (broad SMARTS) is 2. The Balaban J connectivity index is 0.000000382. The molecule has 0 aromatic heterocycles. The zero-order valence-corrected chi connectivity index (χ0v) is 11.6. The number of carbonyl (C=O) groups excluding carboxylic acids is 4. The summed E-state index contributed by atoms with van der Waals surface area (Å²) in [5.74, 6) is -7.14. The van der Waals surface area contributed by atoms with Crippen molar-refractivity contribution in [2.45, 2.75) is 12.8 Å². The molecule has 1 aliphatic rings. The first-order valence-corrected chi connectivity index (χ1v) is 5.89. The second kappa shape index (κ2) is 8.32. The van der Waals surface area contributed by atoms with Gasteiger partial charge in [-0.15, -0.1) is 0 Å². The molecule has 2 N–H and O–H groups in total. The van der Waals surface area contributed by atoms with Crippen LogP contribution in [0, 0.1) is 11.8 Å². The van der Waals surface area contributed by atoms with E-state index in [1.165, 1.54) is 0 Å². The highest BCUT2D eigenvalue weighted by Gasteiger charge is 2.37. The fourth-order valence-corrected chi connectivity index (χ4v) is 1.42. The fraction of sp³-hybridized carbons (Fsp3) is 0.400. The number of esters is 2. The lowest BCUT2D eigenvalue weighted by Gasteiger charge is -2.01. The standard InChI is InChI=1S/C5H5ClO5.C5H3ClO4/c6-4(9)2(5(10)11)1-3(7)8;6-4(8)2-1-3(7)10-5(2)9/h2H,1H2,(H,7,8)(H,10,11);2H,1H2. The first-order chi connectivity index (χ1) is 9.56. The average molecular weight is 343 g/mol. The van der Waals surface area contributed by atoms with Gasteiger partial charge in [-0.3, -0.25) is 28.8 Å². The minimum Gasteiger partial charge on any atom is -0.481 e. The number of carboxylic acids is 2. The molecule has 0 radical (unpaired) electrons. The molecule has 0 aliphatic carbocycles. The van der Waals surface area contributed by atoms with Gasteiger partial charge in [0.15, 0.2) is 0 Å². The van der Waals surface area contributed by atoms with Gasteiger partial charge < -0.3 is 14.9 Å². The molecule has 0 aromatic rings. The molecule has 1 fully saturated rings. The predicted octanol–water partition coefficient (Wildman–Crippen LogP) is -0.231. The molecule has 2 unspecified atom stereocenters. The van der Waals surface area contributed by atoms with E-state index in [4.69, 9.17) is 33.4 Å². The second-order valence-electron chi connectivity index (χ2n) is 3.65. The molecule has 116 valence electrons. The molecule has 1 aliphatic heterocycles. The molecular formula is C10H8Cl2O9. The highest BCUT2D eigenvalue weighted by molar-refractivity contribution is 6.66. The van der Waals surface area contributed by atoms with E-state index in [0.29, 0.717) is 0 Å². The monoisotopic (exact) mass is 342 g/mol. The van der Waals surface area contributed by atoms with Crippen LogP contribution in [0.25, 0.3) is 0 Å². The molecule has 1 rings (SSSR count). The molecule has 1 saturated heterocycles. The van der Waals surface area contributed by atoms with Gasteiger partial charge in [-0.05, 0) is 23.2 Å². The van der Waals surface area contributed by atoms with Crippen molar-refractivity contribution in [3.8, 4) is 0 Å². The summed E-state index contributed by atoms with van der Waals surface area (Å²) < 4.78 is 4.05. The van der Waals surface area contributed by atoms with Gasteiger partial charge in [0.2, 0.25) is 10.5 Å². The molecule has 0 bridgehead atoms. The zero-order chi connectivity index (χ0) is 16.7. The number of aliphatic carboxylic acids is 2. The number of halogens is 2. The van der Waals surface area contributed by atoms with E-state index in [2.05, 4.69) is 4.74 Å². The van der Waals surface area contributed by atoms with Gasteiger partial charge in [-0.25, -0.2) is 0 Å². The third kappa shape index (κ3) is 6.82. The van der Waals surface area contributed by atoms with Crippen molar-refractivity contribution in [3.63, 3.8) is 0 Å². The SMILES string of the molecule is O=C(O)CC(C(=O)O)C(=O)Cl.O=C1CC(C(=O)Cl)C(=O)O1. The summed E-state index contributed by atoms with van der Waals surface area (Å²) in [4.78, 5) is 61.4. The van der Waals surface area contributed by atoms with Crippen molar-refractivity contribution >= 4 is 57.6 Å². The van der Waals surface area contributed by atoms with Crippen molar-refractivity contribution in [2.24, 2.45) is 11.8 Å². The molecule has 11 heteroatoms. The van der Waals surface area contributed by atoms with Gasteiger partial charge in [0.05, 0.1) is 12.8 Å². The maximum Gasteiger partial charge on any atom is 0.326 e. The first kappa shape index (κ1) is 19.0. The van der Waals surface area contributed by atoms with Crippen LogP contribution >= 0.6 is 23.2 Å². The number of ether oxygens (including phenoxy) is 1. The predicted molar refractivity (Wildman–Crippen MR) is 64.3 cm³/mol. The Morgan fingerprint density at radius 2 is 1.71 bits per heavy atom. The third-order valence-electron chi connectivity index (χ3n) is 2.09. The Morgan fingerprint density at radius 1 is 1.19 bits per heavy atom. The number of carbonyl (C=O) groups is 6. The van der Waals surface area contributed by atoms with Crippen molar-refractivity contribution in [1.82, 2.24) is 0 Å². The third-order valence-corrected chi connectivity index (χ3v) is 2.62. The lowest BCUT2D eigenvalue weighted by atomic mass is 10.1. The minimum atomic E-state index is -1.64. The Morgan fingerprint density at radius 3 is 1.86 bits per heavy atom. The normalized spacial score (nSPS) is 18.1. The van der Waals surface area contributed by atoms with Crippen LogP contribution in [-0.2, 0) is 33.5 Å². The van der Waals surface area contributed by atoms with Gasteiger partial charge in [0.25, 0.3) is 0 Å². The maximum absolute atomic E-state index is 10.5. The Kier molecular flexibility index (Phi) is 7.53. The second-order valence-corrected chi connectivity index (χ2v) is 4.39. The molecule has 0 saturated carbocycles. The Labute approximate surface area is 126 Å². The van der Waals surface area contributed by atoms with E-state index in [1.807, 2.05) is 0 Å². The van der Waals surface area contributed by atoms with Crippen LogP contribution in [0.3, 0.4) is 0 Å². The van der Waals surface area contributed by atoms with Gasteiger partial charge >= 0.3 is 23.9 Å². The largest absolute Gasteiger partial charge is 0.481 e. The van der Waals surface area contributed by atoms with E-state index >= 15 is 0 Å². The van der Waals surface area contributed by atoms with Crippen LogP contribution in [-0.4, -0.2) is 44.6 Å². The van der Waals surface area contributed by atoms with E-state index in [1.54, 1.807) is 0 Å². The first-order valence-electron chi connectivity index (χ1n) is 5.14. The number of hydrogen-bond acceptors (Lipinski definition) is 7. The molecule has 1 heterocycles. The van der Waals surface area contributed by atoms with Gasteiger partial charge in [-0.1, -0.05) is 0 Å². The van der Waals surface area contributed by atoms with Crippen LogP contribution in [0.1, 0.15) is 12.8 Å². The van der Waals surface area contributed by atoms with Crippen molar-refractivity contribution in [3.05, 3.63) is 0 Å². The highest BCUT2D eigenvalue weighted by Crippen LogP contribution is 2.17. The van der Waals surface area contributed by atoms with Crippen LogP contribution < -0.4 is 0 Å². The zero-order valence-electron chi connectivity index (χ0n) is 10.1. The van der Waals surface area contributed by atoms with Crippen LogP contribution in [0.15, 0.2) is 0 Å². The summed E-state index contributed by atoms with van der Waals surface area (Å²) in [6, 6.07) is 0. The quantitative estimate of drug-likeness (QED) is 0.391. The molecule has 21 heavy (non-hydrogen) atoms. The maximum atomic E-state index is 10.5. The number of rotatable bonds is 5. The van der Waals surface area contributed by atoms with E-state index in [9.17, 15) is 28.8 Å². The van der Waals surface area contributed by atoms with E-state index in [-0.39, 0.29) is 6.42 Å². The molecule has 9 nitrogen and oxygen atoms in total. The van der Waals surface area contributed by atoms with Crippen LogP contribution in [0.5, 0.6) is 0 Å². The smallest absolute Gasteiger partial charge is 0.326 e. The lowest BCUT2D eigenvalue weighted by molar-refractivity contribution is -0.153. The van der Waals surface area contributed by atoms with Crippen LogP contribution in [0.2, 0.25) is 0 Å². The molecule has 0 aromatic carbocycles. The fourth-order valence-electron chi connectivity index (χ4n) is 1.09. The Bertz CT molecular complexity index is 485. The molecule has 0 spiro atoms.